The normalized spacial score (nSPS) is 10.9. The van der Waals surface area contributed by atoms with Gasteiger partial charge in [0.15, 0.2) is 0 Å². The lowest BCUT2D eigenvalue weighted by atomic mass is 10.0. The van der Waals surface area contributed by atoms with E-state index in [-0.39, 0.29) is 11.3 Å². The van der Waals surface area contributed by atoms with Crippen LogP contribution in [0.15, 0.2) is 59.4 Å². The number of amides is 1. The van der Waals surface area contributed by atoms with Gasteiger partial charge in [-0.1, -0.05) is 24.3 Å². The summed E-state index contributed by atoms with van der Waals surface area (Å²) in [6.07, 6.45) is 0. The van der Waals surface area contributed by atoms with E-state index >= 15 is 0 Å². The smallest absolute Gasteiger partial charge is 0.339 e. The van der Waals surface area contributed by atoms with E-state index in [9.17, 15) is 14.4 Å². The quantitative estimate of drug-likeness (QED) is 0.538. The Labute approximate surface area is 159 Å². The lowest BCUT2D eigenvalue weighted by Gasteiger charge is -2.12. The molecule has 7 heteroatoms. The molecule has 0 atom stereocenters. The van der Waals surface area contributed by atoms with Gasteiger partial charge in [-0.3, -0.25) is 9.36 Å². The number of hydrogen-bond acceptors (Lipinski definition) is 4. The van der Waals surface area contributed by atoms with Crippen LogP contribution in [-0.2, 0) is 11.8 Å². The molecule has 2 N–H and O–H groups in total. The lowest BCUT2D eigenvalue weighted by molar-refractivity contribution is 0.0602. The zero-order valence-electron chi connectivity index (χ0n) is 15.3. The molecule has 0 saturated carbocycles. The fraction of sp³-hybridized carbons (Fsp3) is 0.0952. The molecule has 4 rings (SSSR count). The van der Waals surface area contributed by atoms with Crippen molar-refractivity contribution < 1.29 is 14.3 Å². The SMILES string of the molecule is COC(=O)c1cc2ccccc2cc1NC(=O)c1ccc2c(c1)[nH]c(=O)n2C. The van der Waals surface area contributed by atoms with E-state index in [1.807, 2.05) is 24.3 Å². The minimum Gasteiger partial charge on any atom is -0.465 e. The summed E-state index contributed by atoms with van der Waals surface area (Å²) >= 11 is 0. The molecule has 0 aliphatic carbocycles. The van der Waals surface area contributed by atoms with Crippen molar-refractivity contribution in [1.82, 2.24) is 9.55 Å². The van der Waals surface area contributed by atoms with Crippen LogP contribution < -0.4 is 11.0 Å². The van der Waals surface area contributed by atoms with E-state index in [0.29, 0.717) is 22.3 Å². The van der Waals surface area contributed by atoms with Crippen molar-refractivity contribution in [2.24, 2.45) is 7.05 Å². The van der Waals surface area contributed by atoms with Crippen molar-refractivity contribution in [3.8, 4) is 0 Å². The standard InChI is InChI=1S/C21H17N3O4/c1-24-18-8-7-14(11-17(18)23-21(24)27)19(25)22-16-10-13-6-4-3-5-12(13)9-15(16)20(26)28-2/h3-11H,1-2H3,(H,22,25)(H,23,27). The lowest BCUT2D eigenvalue weighted by Crippen LogP contribution is -2.15. The highest BCUT2D eigenvalue weighted by atomic mass is 16.5. The Balaban J connectivity index is 1.75. The Morgan fingerprint density at radius 2 is 1.75 bits per heavy atom. The number of nitrogens with one attached hydrogen (secondary N) is 2. The second-order valence-corrected chi connectivity index (χ2v) is 6.41. The number of carbonyl (C=O) groups is 2. The number of esters is 1. The minimum atomic E-state index is -0.538. The van der Waals surface area contributed by atoms with Crippen LogP contribution >= 0.6 is 0 Å². The molecular weight excluding hydrogens is 358 g/mol. The Bertz CT molecular complexity index is 1300. The van der Waals surface area contributed by atoms with Gasteiger partial charge in [0.25, 0.3) is 5.91 Å². The molecule has 1 heterocycles. The van der Waals surface area contributed by atoms with Crippen molar-refractivity contribution in [2.75, 3.05) is 12.4 Å². The van der Waals surface area contributed by atoms with Crippen molar-refractivity contribution in [1.29, 1.82) is 0 Å². The number of aryl methyl sites for hydroxylation is 1. The first-order valence-electron chi connectivity index (χ1n) is 8.59. The van der Waals surface area contributed by atoms with Crippen LogP contribution in [0.2, 0.25) is 0 Å². The average molecular weight is 375 g/mol. The largest absolute Gasteiger partial charge is 0.465 e. The highest BCUT2D eigenvalue weighted by Gasteiger charge is 2.17. The summed E-state index contributed by atoms with van der Waals surface area (Å²) in [7, 11) is 2.95. The van der Waals surface area contributed by atoms with Crippen LogP contribution in [0.3, 0.4) is 0 Å². The predicted octanol–water partition coefficient (Wildman–Crippen LogP) is 3.06. The zero-order chi connectivity index (χ0) is 19.8. The van der Waals surface area contributed by atoms with E-state index in [0.717, 1.165) is 10.8 Å². The van der Waals surface area contributed by atoms with Crippen molar-refractivity contribution in [2.45, 2.75) is 0 Å². The van der Waals surface area contributed by atoms with Crippen molar-refractivity contribution in [3.63, 3.8) is 0 Å². The zero-order valence-corrected chi connectivity index (χ0v) is 15.3. The molecule has 0 bridgehead atoms. The second kappa shape index (κ2) is 6.70. The number of fused-ring (bicyclic) bond motifs is 2. The van der Waals surface area contributed by atoms with Gasteiger partial charge in [0.2, 0.25) is 0 Å². The third kappa shape index (κ3) is 2.92. The number of imidazole rings is 1. The summed E-state index contributed by atoms with van der Waals surface area (Å²) in [5.74, 6) is -0.934. The number of rotatable bonds is 3. The third-order valence-corrected chi connectivity index (χ3v) is 4.71. The van der Waals surface area contributed by atoms with Crippen molar-refractivity contribution in [3.05, 3.63) is 76.2 Å². The highest BCUT2D eigenvalue weighted by Crippen LogP contribution is 2.25. The molecule has 0 fully saturated rings. The highest BCUT2D eigenvalue weighted by molar-refractivity contribution is 6.11. The molecule has 0 unspecified atom stereocenters. The summed E-state index contributed by atoms with van der Waals surface area (Å²) in [6.45, 7) is 0. The second-order valence-electron chi connectivity index (χ2n) is 6.41. The van der Waals surface area contributed by atoms with E-state index in [4.69, 9.17) is 4.74 Å². The number of benzene rings is 3. The number of hydrogen-bond donors (Lipinski definition) is 2. The molecule has 140 valence electrons. The van der Waals surface area contributed by atoms with Gasteiger partial charge in [-0.25, -0.2) is 9.59 Å². The number of H-pyrrole nitrogens is 1. The molecule has 3 aromatic carbocycles. The maximum atomic E-state index is 12.8. The maximum Gasteiger partial charge on any atom is 0.339 e. The molecule has 0 aliphatic heterocycles. The maximum absolute atomic E-state index is 12.8. The molecule has 0 aliphatic rings. The Kier molecular flexibility index (Phi) is 4.19. The number of aromatic amines is 1. The number of aromatic nitrogens is 2. The first-order chi connectivity index (χ1) is 13.5. The number of ether oxygens (including phenoxy) is 1. The topological polar surface area (TPSA) is 93.2 Å². The van der Waals surface area contributed by atoms with E-state index < -0.39 is 11.9 Å². The summed E-state index contributed by atoms with van der Waals surface area (Å²) in [6, 6.07) is 15.9. The summed E-state index contributed by atoms with van der Waals surface area (Å²) < 4.78 is 6.32. The first-order valence-corrected chi connectivity index (χ1v) is 8.59. The molecule has 7 nitrogen and oxygen atoms in total. The van der Waals surface area contributed by atoms with Crippen LogP contribution in [0.5, 0.6) is 0 Å². The molecule has 1 aromatic heterocycles. The molecule has 0 spiro atoms. The van der Waals surface area contributed by atoms with Crippen LogP contribution in [-0.4, -0.2) is 28.5 Å². The van der Waals surface area contributed by atoms with E-state index in [1.165, 1.54) is 11.7 Å². The first kappa shape index (κ1) is 17.5. The van der Waals surface area contributed by atoms with Gasteiger partial charge in [0, 0.05) is 12.6 Å². The Hall–Kier alpha value is -3.87. The summed E-state index contributed by atoms with van der Waals surface area (Å²) in [5, 5.41) is 4.53. The molecule has 1 amide bonds. The van der Waals surface area contributed by atoms with Crippen LogP contribution in [0.25, 0.3) is 21.8 Å². The van der Waals surface area contributed by atoms with Gasteiger partial charge < -0.3 is 15.0 Å². The number of anilines is 1. The fourth-order valence-corrected chi connectivity index (χ4v) is 3.20. The van der Waals surface area contributed by atoms with Crippen LogP contribution in [0.1, 0.15) is 20.7 Å². The van der Waals surface area contributed by atoms with E-state index in [1.54, 1.807) is 37.4 Å². The summed E-state index contributed by atoms with van der Waals surface area (Å²) in [4.78, 5) is 39.4. The fourth-order valence-electron chi connectivity index (χ4n) is 3.20. The number of nitrogens with zero attached hydrogens (tertiary/aromatic N) is 1. The van der Waals surface area contributed by atoms with Gasteiger partial charge in [0.1, 0.15) is 0 Å². The predicted molar refractivity (Wildman–Crippen MR) is 107 cm³/mol. The molecule has 0 radical (unpaired) electrons. The number of carbonyl (C=O) groups excluding carboxylic acids is 2. The Morgan fingerprint density at radius 1 is 1.04 bits per heavy atom. The number of methoxy groups -OCH3 is 1. The molecule has 28 heavy (non-hydrogen) atoms. The Morgan fingerprint density at radius 3 is 2.46 bits per heavy atom. The monoisotopic (exact) mass is 375 g/mol. The van der Waals surface area contributed by atoms with Gasteiger partial charge in [-0.15, -0.1) is 0 Å². The minimum absolute atomic E-state index is 0.255. The van der Waals surface area contributed by atoms with Crippen LogP contribution in [0.4, 0.5) is 5.69 Å². The molecular formula is C21H17N3O4. The van der Waals surface area contributed by atoms with E-state index in [2.05, 4.69) is 10.3 Å². The average Bonchev–Trinajstić information content (AvgIpc) is 3.00. The van der Waals surface area contributed by atoms with Gasteiger partial charge >= 0.3 is 11.7 Å². The van der Waals surface area contributed by atoms with Gasteiger partial charge in [-0.2, -0.15) is 0 Å². The third-order valence-electron chi connectivity index (χ3n) is 4.71. The summed E-state index contributed by atoms with van der Waals surface area (Å²) in [5.41, 5.74) is 1.99. The van der Waals surface area contributed by atoms with Crippen molar-refractivity contribution >= 4 is 39.4 Å². The van der Waals surface area contributed by atoms with Gasteiger partial charge in [0.05, 0.1) is 29.4 Å². The van der Waals surface area contributed by atoms with Crippen LogP contribution in [0, 0.1) is 0 Å². The molecule has 4 aromatic rings. The molecule has 0 saturated heterocycles. The van der Waals surface area contributed by atoms with Gasteiger partial charge in [-0.05, 0) is 41.1 Å².